The lowest BCUT2D eigenvalue weighted by Gasteiger charge is -2.36. The van der Waals surface area contributed by atoms with Gasteiger partial charge in [-0.3, -0.25) is 0 Å². The number of hydrogen-bond donors (Lipinski definition) is 1. The van der Waals surface area contributed by atoms with Crippen LogP contribution in [0.15, 0.2) is 0 Å². The topological polar surface area (TPSA) is 24.5 Å². The standard InChI is InChI=1S/C16H32N2O/c1-3-10-18-11-4-6-15(13-18)14(2)17-9-8-16-7-5-12-19-16/h14-17H,3-13H2,1-2H3. The van der Waals surface area contributed by atoms with Gasteiger partial charge in [-0.2, -0.15) is 0 Å². The van der Waals surface area contributed by atoms with Crippen LogP contribution in [0.3, 0.4) is 0 Å². The first-order chi connectivity index (χ1) is 9.29. The van der Waals surface area contributed by atoms with E-state index < -0.39 is 0 Å². The molecule has 19 heavy (non-hydrogen) atoms. The molecule has 3 nitrogen and oxygen atoms in total. The summed E-state index contributed by atoms with van der Waals surface area (Å²) >= 11 is 0. The molecule has 1 N–H and O–H groups in total. The maximum atomic E-state index is 5.68. The van der Waals surface area contributed by atoms with Crippen LogP contribution in [0.1, 0.15) is 52.4 Å². The van der Waals surface area contributed by atoms with E-state index in [0.717, 1.165) is 19.1 Å². The molecule has 0 aliphatic carbocycles. The molecule has 0 radical (unpaired) electrons. The lowest BCUT2D eigenvalue weighted by Crippen LogP contribution is -2.45. The second-order valence-corrected chi connectivity index (χ2v) is 6.37. The van der Waals surface area contributed by atoms with Crippen molar-refractivity contribution in [2.45, 2.75) is 64.5 Å². The zero-order valence-electron chi connectivity index (χ0n) is 12.9. The van der Waals surface area contributed by atoms with Crippen LogP contribution in [0.2, 0.25) is 0 Å². The Morgan fingerprint density at radius 2 is 2.21 bits per heavy atom. The normalized spacial score (nSPS) is 30.6. The van der Waals surface area contributed by atoms with Gasteiger partial charge in [0.05, 0.1) is 6.10 Å². The van der Waals surface area contributed by atoms with E-state index in [1.165, 1.54) is 58.2 Å². The van der Waals surface area contributed by atoms with Crippen molar-refractivity contribution in [3.8, 4) is 0 Å². The van der Waals surface area contributed by atoms with Gasteiger partial charge >= 0.3 is 0 Å². The van der Waals surface area contributed by atoms with Crippen molar-refractivity contribution in [3.05, 3.63) is 0 Å². The third-order valence-electron chi connectivity index (χ3n) is 4.75. The molecule has 0 aromatic carbocycles. The van der Waals surface area contributed by atoms with Gasteiger partial charge in [-0.15, -0.1) is 0 Å². The molecule has 3 atom stereocenters. The molecule has 0 aromatic heterocycles. The van der Waals surface area contributed by atoms with Crippen molar-refractivity contribution in [2.24, 2.45) is 5.92 Å². The molecule has 2 fully saturated rings. The Morgan fingerprint density at radius 3 is 2.95 bits per heavy atom. The molecule has 2 aliphatic heterocycles. The molecule has 3 unspecified atom stereocenters. The second-order valence-electron chi connectivity index (χ2n) is 6.37. The average Bonchev–Trinajstić information content (AvgIpc) is 2.92. The minimum atomic E-state index is 0.530. The highest BCUT2D eigenvalue weighted by Gasteiger charge is 2.24. The van der Waals surface area contributed by atoms with Crippen LogP contribution in [0.4, 0.5) is 0 Å². The molecule has 2 saturated heterocycles. The first-order valence-electron chi connectivity index (χ1n) is 8.37. The van der Waals surface area contributed by atoms with Crippen molar-refractivity contribution in [2.75, 3.05) is 32.8 Å². The second kappa shape index (κ2) is 8.23. The van der Waals surface area contributed by atoms with Crippen LogP contribution in [-0.2, 0) is 4.74 Å². The Kier molecular flexibility index (Phi) is 6.62. The molecule has 2 heterocycles. The Hall–Kier alpha value is -0.120. The monoisotopic (exact) mass is 268 g/mol. The summed E-state index contributed by atoms with van der Waals surface area (Å²) in [5.74, 6) is 0.838. The van der Waals surface area contributed by atoms with E-state index in [2.05, 4.69) is 24.1 Å². The van der Waals surface area contributed by atoms with E-state index in [1.54, 1.807) is 0 Å². The van der Waals surface area contributed by atoms with Crippen molar-refractivity contribution in [3.63, 3.8) is 0 Å². The minimum Gasteiger partial charge on any atom is -0.378 e. The quantitative estimate of drug-likeness (QED) is 0.768. The van der Waals surface area contributed by atoms with E-state index in [4.69, 9.17) is 4.74 Å². The van der Waals surface area contributed by atoms with Crippen LogP contribution in [0, 0.1) is 5.92 Å². The molecule has 0 saturated carbocycles. The van der Waals surface area contributed by atoms with Crippen LogP contribution in [-0.4, -0.2) is 49.8 Å². The average molecular weight is 268 g/mol. The summed E-state index contributed by atoms with van der Waals surface area (Å²) in [7, 11) is 0. The summed E-state index contributed by atoms with van der Waals surface area (Å²) in [4.78, 5) is 2.65. The van der Waals surface area contributed by atoms with E-state index in [-0.39, 0.29) is 0 Å². The fraction of sp³-hybridized carbons (Fsp3) is 1.00. The number of rotatable bonds is 7. The van der Waals surface area contributed by atoms with Crippen molar-refractivity contribution >= 4 is 0 Å². The number of nitrogens with one attached hydrogen (secondary N) is 1. The van der Waals surface area contributed by atoms with Gasteiger partial charge in [0, 0.05) is 19.2 Å². The molecular formula is C16H32N2O. The van der Waals surface area contributed by atoms with Gasteiger partial charge in [-0.05, 0) is 71.0 Å². The van der Waals surface area contributed by atoms with Gasteiger partial charge in [0.15, 0.2) is 0 Å². The number of hydrogen-bond acceptors (Lipinski definition) is 3. The summed E-state index contributed by atoms with van der Waals surface area (Å²) in [5.41, 5.74) is 0. The largest absolute Gasteiger partial charge is 0.378 e. The fourth-order valence-electron chi connectivity index (χ4n) is 3.53. The Bertz CT molecular complexity index is 239. The lowest BCUT2D eigenvalue weighted by molar-refractivity contribution is 0.101. The Morgan fingerprint density at radius 1 is 1.32 bits per heavy atom. The zero-order chi connectivity index (χ0) is 13.5. The van der Waals surface area contributed by atoms with Gasteiger partial charge in [0.25, 0.3) is 0 Å². The third kappa shape index (κ3) is 5.05. The van der Waals surface area contributed by atoms with E-state index in [9.17, 15) is 0 Å². The highest BCUT2D eigenvalue weighted by Crippen LogP contribution is 2.20. The molecule has 0 spiro atoms. The van der Waals surface area contributed by atoms with Crippen LogP contribution < -0.4 is 5.32 Å². The summed E-state index contributed by atoms with van der Waals surface area (Å²) in [6, 6.07) is 0.654. The van der Waals surface area contributed by atoms with Crippen molar-refractivity contribution < 1.29 is 4.74 Å². The lowest BCUT2D eigenvalue weighted by atomic mass is 9.91. The number of piperidine rings is 1. The van der Waals surface area contributed by atoms with Crippen LogP contribution >= 0.6 is 0 Å². The van der Waals surface area contributed by atoms with Crippen LogP contribution in [0.25, 0.3) is 0 Å². The molecular weight excluding hydrogens is 236 g/mol. The van der Waals surface area contributed by atoms with Gasteiger partial charge in [0.2, 0.25) is 0 Å². The summed E-state index contributed by atoms with van der Waals surface area (Å²) < 4.78 is 5.68. The predicted octanol–water partition coefficient (Wildman–Crippen LogP) is 2.66. The molecule has 0 bridgehead atoms. The zero-order valence-corrected chi connectivity index (χ0v) is 12.9. The van der Waals surface area contributed by atoms with E-state index in [0.29, 0.717) is 12.1 Å². The van der Waals surface area contributed by atoms with E-state index >= 15 is 0 Å². The molecule has 2 rings (SSSR count). The molecule has 0 aromatic rings. The highest BCUT2D eigenvalue weighted by atomic mass is 16.5. The highest BCUT2D eigenvalue weighted by molar-refractivity contribution is 4.80. The smallest absolute Gasteiger partial charge is 0.0588 e. The minimum absolute atomic E-state index is 0.530. The van der Waals surface area contributed by atoms with Gasteiger partial charge in [0.1, 0.15) is 0 Å². The third-order valence-corrected chi connectivity index (χ3v) is 4.75. The van der Waals surface area contributed by atoms with Crippen LogP contribution in [0.5, 0.6) is 0 Å². The van der Waals surface area contributed by atoms with Crippen molar-refractivity contribution in [1.82, 2.24) is 10.2 Å². The number of nitrogens with zero attached hydrogens (tertiary/aromatic N) is 1. The van der Waals surface area contributed by atoms with Gasteiger partial charge in [-0.1, -0.05) is 6.92 Å². The molecule has 112 valence electrons. The molecule has 3 heteroatoms. The fourth-order valence-corrected chi connectivity index (χ4v) is 3.53. The summed E-state index contributed by atoms with van der Waals surface area (Å²) in [6.45, 7) is 10.6. The predicted molar refractivity (Wildman–Crippen MR) is 80.5 cm³/mol. The molecule has 0 amide bonds. The Labute approximate surface area is 119 Å². The maximum Gasteiger partial charge on any atom is 0.0588 e. The van der Waals surface area contributed by atoms with Gasteiger partial charge < -0.3 is 15.0 Å². The first kappa shape index (κ1) is 15.3. The van der Waals surface area contributed by atoms with Crippen molar-refractivity contribution in [1.29, 1.82) is 0 Å². The number of ether oxygens (including phenoxy) is 1. The molecule has 2 aliphatic rings. The first-order valence-corrected chi connectivity index (χ1v) is 8.37. The van der Waals surface area contributed by atoms with Gasteiger partial charge in [-0.25, -0.2) is 0 Å². The number of likely N-dealkylation sites (tertiary alicyclic amines) is 1. The Balaban J connectivity index is 1.62. The SMILES string of the molecule is CCCN1CCCC(C(C)NCCC2CCCO2)C1. The summed E-state index contributed by atoms with van der Waals surface area (Å²) in [5, 5.41) is 3.74. The maximum absolute atomic E-state index is 5.68. The summed E-state index contributed by atoms with van der Waals surface area (Å²) in [6.07, 6.45) is 8.31. The van der Waals surface area contributed by atoms with E-state index in [1.807, 2.05) is 0 Å².